The fourth-order valence-corrected chi connectivity index (χ4v) is 5.13. The second-order valence-electron chi connectivity index (χ2n) is 8.21. The number of carbonyl (C=O) groups excluding carboxylic acids is 2. The molecule has 14 heteroatoms. The first-order valence-corrected chi connectivity index (χ1v) is 12.6. The Bertz CT molecular complexity index is 1180. The molecule has 13 nitrogen and oxygen atoms in total. The standard InChI is InChI=1S/C21H28N8O5S/c1-27-10-12-29(13-11-27)35(32,33)16-4-2-15(3-5-16)17-14-25-18(22)19(26-17)34-21(31)24-7-9-28-8-6-23-20(28)30/h2-5,14H,6-13H2,1H3,(H2,22,25)(H,23,30)(H,24,31). The van der Waals surface area contributed by atoms with Crippen LogP contribution >= 0.6 is 0 Å². The van der Waals surface area contributed by atoms with Crippen LogP contribution in [0.15, 0.2) is 35.4 Å². The lowest BCUT2D eigenvalue weighted by Crippen LogP contribution is -2.46. The van der Waals surface area contributed by atoms with Crippen LogP contribution in [0.2, 0.25) is 0 Å². The molecule has 3 amide bonds. The fraction of sp³-hybridized carbons (Fsp3) is 0.429. The molecule has 4 rings (SSSR count). The van der Waals surface area contributed by atoms with Gasteiger partial charge in [0.05, 0.1) is 16.8 Å². The first-order valence-electron chi connectivity index (χ1n) is 11.1. The number of nitrogens with one attached hydrogen (secondary N) is 2. The van der Waals surface area contributed by atoms with Crippen molar-refractivity contribution in [2.45, 2.75) is 4.90 Å². The Morgan fingerprint density at radius 3 is 2.54 bits per heavy atom. The fourth-order valence-electron chi connectivity index (χ4n) is 3.71. The van der Waals surface area contributed by atoms with E-state index in [2.05, 4.69) is 25.5 Å². The molecule has 2 aromatic rings. The second kappa shape index (κ2) is 10.4. The summed E-state index contributed by atoms with van der Waals surface area (Å²) in [4.78, 5) is 35.8. The molecule has 3 heterocycles. The van der Waals surface area contributed by atoms with E-state index in [9.17, 15) is 18.0 Å². The quantitative estimate of drug-likeness (QED) is 0.462. The zero-order valence-corrected chi connectivity index (χ0v) is 20.1. The van der Waals surface area contributed by atoms with Crippen LogP contribution in [0.1, 0.15) is 0 Å². The number of benzene rings is 1. The van der Waals surface area contributed by atoms with Crippen molar-refractivity contribution in [3.8, 4) is 17.1 Å². The Balaban J connectivity index is 1.39. The van der Waals surface area contributed by atoms with E-state index in [0.29, 0.717) is 57.1 Å². The number of nitrogens with two attached hydrogens (primary N) is 1. The minimum atomic E-state index is -3.59. The van der Waals surface area contributed by atoms with Gasteiger partial charge in [-0.25, -0.2) is 28.0 Å². The normalized spacial score (nSPS) is 17.3. The third kappa shape index (κ3) is 5.78. The van der Waals surface area contributed by atoms with Crippen LogP contribution in [0.4, 0.5) is 15.4 Å². The van der Waals surface area contributed by atoms with Gasteiger partial charge in [-0.1, -0.05) is 12.1 Å². The molecule has 2 fully saturated rings. The summed E-state index contributed by atoms with van der Waals surface area (Å²) in [5.41, 5.74) is 6.75. The van der Waals surface area contributed by atoms with Gasteiger partial charge in [-0.05, 0) is 19.2 Å². The Hall–Kier alpha value is -3.49. The molecular weight excluding hydrogens is 476 g/mol. The molecule has 0 radical (unpaired) electrons. The number of nitrogen functional groups attached to an aromatic ring is 1. The molecule has 2 aliphatic rings. The van der Waals surface area contributed by atoms with E-state index in [4.69, 9.17) is 10.5 Å². The van der Waals surface area contributed by atoms with Crippen LogP contribution in [-0.2, 0) is 10.0 Å². The highest BCUT2D eigenvalue weighted by Gasteiger charge is 2.27. The predicted molar refractivity (Wildman–Crippen MR) is 127 cm³/mol. The van der Waals surface area contributed by atoms with Crippen molar-refractivity contribution >= 4 is 28.0 Å². The van der Waals surface area contributed by atoms with Gasteiger partial charge in [0.15, 0.2) is 5.82 Å². The highest BCUT2D eigenvalue weighted by molar-refractivity contribution is 7.89. The first kappa shape index (κ1) is 24.6. The Labute approximate surface area is 203 Å². The topological polar surface area (TPSA) is 163 Å². The summed E-state index contributed by atoms with van der Waals surface area (Å²) in [5, 5.41) is 5.22. The molecule has 4 N–H and O–H groups in total. The van der Waals surface area contributed by atoms with Crippen molar-refractivity contribution < 1.29 is 22.7 Å². The number of aromatic nitrogens is 2. The van der Waals surface area contributed by atoms with Crippen LogP contribution in [0, 0.1) is 0 Å². The van der Waals surface area contributed by atoms with Crippen LogP contribution in [-0.4, -0.2) is 104 Å². The van der Waals surface area contributed by atoms with Crippen molar-refractivity contribution in [3.63, 3.8) is 0 Å². The number of piperazine rings is 1. The zero-order valence-electron chi connectivity index (χ0n) is 19.3. The number of hydrogen-bond donors (Lipinski definition) is 3. The number of ether oxygens (including phenoxy) is 1. The summed E-state index contributed by atoms with van der Waals surface area (Å²) in [6.07, 6.45) is 0.632. The van der Waals surface area contributed by atoms with Crippen molar-refractivity contribution in [3.05, 3.63) is 30.5 Å². The van der Waals surface area contributed by atoms with E-state index in [1.54, 1.807) is 17.0 Å². The van der Waals surface area contributed by atoms with E-state index < -0.39 is 16.1 Å². The van der Waals surface area contributed by atoms with Gasteiger partial charge in [0.25, 0.3) is 5.88 Å². The molecule has 35 heavy (non-hydrogen) atoms. The number of amides is 3. The maximum Gasteiger partial charge on any atom is 0.414 e. The number of likely N-dealkylation sites (N-methyl/N-ethyl adjacent to an activating group) is 1. The highest BCUT2D eigenvalue weighted by atomic mass is 32.2. The van der Waals surface area contributed by atoms with Crippen molar-refractivity contribution in [2.75, 3.05) is 65.1 Å². The molecule has 2 aliphatic heterocycles. The summed E-state index contributed by atoms with van der Waals surface area (Å²) in [6.45, 7) is 3.94. The lowest BCUT2D eigenvalue weighted by atomic mass is 10.2. The predicted octanol–water partition coefficient (Wildman–Crippen LogP) is -0.224. The van der Waals surface area contributed by atoms with Crippen LogP contribution in [0.3, 0.4) is 0 Å². The van der Waals surface area contributed by atoms with Gasteiger partial charge < -0.3 is 30.9 Å². The van der Waals surface area contributed by atoms with Gasteiger partial charge in [-0.2, -0.15) is 4.31 Å². The number of anilines is 1. The van der Waals surface area contributed by atoms with Crippen molar-refractivity contribution in [1.82, 2.24) is 34.7 Å². The molecule has 188 valence electrons. The molecule has 0 bridgehead atoms. The molecule has 2 saturated heterocycles. The molecule has 0 unspecified atom stereocenters. The van der Waals surface area contributed by atoms with Gasteiger partial charge in [0.1, 0.15) is 0 Å². The lowest BCUT2D eigenvalue weighted by Gasteiger charge is -2.31. The first-order chi connectivity index (χ1) is 16.7. The summed E-state index contributed by atoms with van der Waals surface area (Å²) in [6, 6.07) is 6.10. The number of hydrogen-bond acceptors (Lipinski definition) is 9. The number of nitrogens with zero attached hydrogens (tertiary/aromatic N) is 5. The van der Waals surface area contributed by atoms with E-state index >= 15 is 0 Å². The summed E-state index contributed by atoms with van der Waals surface area (Å²) >= 11 is 0. The number of urea groups is 1. The number of carbonyl (C=O) groups is 2. The van der Waals surface area contributed by atoms with Gasteiger partial charge in [-0.15, -0.1) is 0 Å². The van der Waals surface area contributed by atoms with Gasteiger partial charge in [0, 0.05) is 57.9 Å². The largest absolute Gasteiger partial charge is 0.414 e. The Morgan fingerprint density at radius 1 is 1.17 bits per heavy atom. The molecule has 0 atom stereocenters. The maximum atomic E-state index is 12.9. The smallest absolute Gasteiger partial charge is 0.387 e. The molecular formula is C21H28N8O5S. The van der Waals surface area contributed by atoms with Crippen LogP contribution in [0.5, 0.6) is 5.88 Å². The minimum Gasteiger partial charge on any atom is -0.387 e. The molecule has 0 saturated carbocycles. The molecule has 1 aromatic heterocycles. The molecule has 0 aliphatic carbocycles. The molecule has 1 aromatic carbocycles. The van der Waals surface area contributed by atoms with Crippen LogP contribution < -0.4 is 21.1 Å². The Kier molecular flexibility index (Phi) is 7.33. The van der Waals surface area contributed by atoms with Gasteiger partial charge in [0.2, 0.25) is 10.0 Å². The Morgan fingerprint density at radius 2 is 1.89 bits per heavy atom. The van der Waals surface area contributed by atoms with Crippen molar-refractivity contribution in [2.24, 2.45) is 0 Å². The van der Waals surface area contributed by atoms with E-state index in [1.165, 1.54) is 22.6 Å². The minimum absolute atomic E-state index is 0.0721. The monoisotopic (exact) mass is 504 g/mol. The van der Waals surface area contributed by atoms with E-state index in [0.717, 1.165) is 0 Å². The zero-order chi connectivity index (χ0) is 25.0. The SMILES string of the molecule is CN1CCN(S(=O)(=O)c2ccc(-c3cnc(N)c(OC(=O)NCCN4CCNC4=O)n3)cc2)CC1. The van der Waals surface area contributed by atoms with E-state index in [1.807, 2.05) is 7.05 Å². The maximum absolute atomic E-state index is 12.9. The number of rotatable bonds is 7. The molecule has 0 spiro atoms. The van der Waals surface area contributed by atoms with E-state index in [-0.39, 0.29) is 29.2 Å². The van der Waals surface area contributed by atoms with Gasteiger partial charge in [-0.3, -0.25) is 0 Å². The third-order valence-corrected chi connectivity index (χ3v) is 7.72. The van der Waals surface area contributed by atoms with Gasteiger partial charge >= 0.3 is 12.1 Å². The summed E-state index contributed by atoms with van der Waals surface area (Å²) < 4.78 is 32.5. The van der Waals surface area contributed by atoms with Crippen molar-refractivity contribution in [1.29, 1.82) is 0 Å². The second-order valence-corrected chi connectivity index (χ2v) is 10.2. The average Bonchev–Trinajstić information content (AvgIpc) is 3.25. The summed E-state index contributed by atoms with van der Waals surface area (Å²) in [5.74, 6) is -0.245. The highest BCUT2D eigenvalue weighted by Crippen LogP contribution is 2.25. The third-order valence-electron chi connectivity index (χ3n) is 5.80. The number of sulfonamides is 1. The summed E-state index contributed by atoms with van der Waals surface area (Å²) in [7, 11) is -1.63. The average molecular weight is 505 g/mol. The van der Waals surface area contributed by atoms with Crippen LogP contribution in [0.25, 0.3) is 11.3 Å². The lowest BCUT2D eigenvalue weighted by molar-refractivity contribution is 0.195.